The first-order valence-electron chi connectivity index (χ1n) is 3.32. The second-order valence-corrected chi connectivity index (χ2v) is 1.67. The van der Waals surface area contributed by atoms with Crippen molar-refractivity contribution in [2.45, 2.75) is 20.3 Å². The van der Waals surface area contributed by atoms with Crippen LogP contribution in [0.3, 0.4) is 0 Å². The molecule has 0 unspecified atom stereocenters. The molecule has 0 radical (unpaired) electrons. The zero-order valence-electron chi connectivity index (χ0n) is 6.39. The molecule has 0 aromatic carbocycles. The number of rotatable bonds is 3. The number of carbonyl (C=O) groups is 1. The molecule has 0 fully saturated rings. The van der Waals surface area contributed by atoms with Gasteiger partial charge in [0.15, 0.2) is 0 Å². The van der Waals surface area contributed by atoms with Crippen LogP contribution in [0.1, 0.15) is 20.3 Å². The van der Waals surface area contributed by atoms with Gasteiger partial charge in [0.2, 0.25) is 0 Å². The van der Waals surface area contributed by atoms with Gasteiger partial charge in [-0.05, 0) is 26.0 Å². The van der Waals surface area contributed by atoms with Gasteiger partial charge < -0.3 is 4.74 Å². The summed E-state index contributed by atoms with van der Waals surface area (Å²) in [6, 6.07) is 0. The van der Waals surface area contributed by atoms with E-state index in [0.29, 0.717) is 13.0 Å². The van der Waals surface area contributed by atoms with Crippen LogP contribution < -0.4 is 0 Å². The Kier molecular flexibility index (Phi) is 5.50. The van der Waals surface area contributed by atoms with Gasteiger partial charge in [-0.15, -0.1) is 5.73 Å². The third-order valence-electron chi connectivity index (χ3n) is 0.859. The summed E-state index contributed by atoms with van der Waals surface area (Å²) in [6.45, 7) is 4.08. The quantitative estimate of drug-likeness (QED) is 0.440. The lowest BCUT2D eigenvalue weighted by Crippen LogP contribution is -2.00. The van der Waals surface area contributed by atoms with Crippen molar-refractivity contribution in [3.05, 3.63) is 17.9 Å². The predicted octanol–water partition coefficient (Wildman–Crippen LogP) is 1.67. The molecule has 0 spiro atoms. The molecule has 0 bridgehead atoms. The Balaban J connectivity index is 3.49. The van der Waals surface area contributed by atoms with Gasteiger partial charge in [0, 0.05) is 0 Å². The Labute approximate surface area is 61.2 Å². The molecule has 0 amide bonds. The van der Waals surface area contributed by atoms with Crippen molar-refractivity contribution < 1.29 is 9.53 Å². The summed E-state index contributed by atoms with van der Waals surface area (Å²) < 4.78 is 4.66. The normalized spacial score (nSPS) is 7.80. The van der Waals surface area contributed by atoms with Gasteiger partial charge in [-0.1, -0.05) is 0 Å². The summed E-state index contributed by atoms with van der Waals surface area (Å²) in [6.07, 6.45) is 3.72. The molecule has 10 heavy (non-hydrogen) atoms. The van der Waals surface area contributed by atoms with Gasteiger partial charge in [-0.2, -0.15) is 0 Å². The van der Waals surface area contributed by atoms with E-state index in [1.165, 1.54) is 0 Å². The lowest BCUT2D eigenvalue weighted by atomic mass is 10.4. The van der Waals surface area contributed by atoms with Crippen LogP contribution in [0.5, 0.6) is 0 Å². The largest absolute Gasteiger partial charge is 0.466 e. The molecule has 0 atom stereocenters. The van der Waals surface area contributed by atoms with Crippen LogP contribution in [0, 0.1) is 0 Å². The summed E-state index contributed by atoms with van der Waals surface area (Å²) >= 11 is 0. The van der Waals surface area contributed by atoms with Crippen LogP contribution in [-0.4, -0.2) is 12.6 Å². The maximum absolute atomic E-state index is 10.6. The second-order valence-electron chi connectivity index (χ2n) is 1.67. The highest BCUT2D eigenvalue weighted by Gasteiger charge is 1.94. The molecule has 0 aliphatic carbocycles. The summed E-state index contributed by atoms with van der Waals surface area (Å²) in [5, 5.41) is 0. The molecule has 0 rings (SSSR count). The van der Waals surface area contributed by atoms with E-state index in [1.807, 2.05) is 6.92 Å². The van der Waals surface area contributed by atoms with E-state index >= 15 is 0 Å². The lowest BCUT2D eigenvalue weighted by molar-refractivity contribution is -0.142. The maximum atomic E-state index is 10.6. The average Bonchev–Trinajstić information content (AvgIpc) is 1.89. The van der Waals surface area contributed by atoms with Crippen molar-refractivity contribution in [3.8, 4) is 0 Å². The van der Waals surface area contributed by atoms with Gasteiger partial charge in [0.1, 0.15) is 0 Å². The summed E-state index contributed by atoms with van der Waals surface area (Å²) in [5.74, 6) is -0.197. The molecule has 0 heterocycles. The van der Waals surface area contributed by atoms with Crippen molar-refractivity contribution in [1.29, 1.82) is 0 Å². The summed E-state index contributed by atoms with van der Waals surface area (Å²) in [5.41, 5.74) is 2.79. The fourth-order valence-corrected chi connectivity index (χ4v) is 0.480. The SMILES string of the molecule is CC=C=CCC(=O)OCC. The first-order chi connectivity index (χ1) is 4.81. The van der Waals surface area contributed by atoms with Crippen LogP contribution in [0.2, 0.25) is 0 Å². The fraction of sp³-hybridized carbons (Fsp3) is 0.500. The van der Waals surface area contributed by atoms with Crippen molar-refractivity contribution in [2.24, 2.45) is 0 Å². The molecule has 2 heteroatoms. The van der Waals surface area contributed by atoms with Gasteiger partial charge in [-0.25, -0.2) is 0 Å². The van der Waals surface area contributed by atoms with Crippen molar-refractivity contribution in [1.82, 2.24) is 0 Å². The highest BCUT2D eigenvalue weighted by atomic mass is 16.5. The lowest BCUT2D eigenvalue weighted by Gasteiger charge is -1.94. The van der Waals surface area contributed by atoms with Crippen molar-refractivity contribution in [3.63, 3.8) is 0 Å². The Bertz CT molecular complexity index is 153. The van der Waals surface area contributed by atoms with Crippen LogP contribution >= 0.6 is 0 Å². The van der Waals surface area contributed by atoms with E-state index < -0.39 is 0 Å². The van der Waals surface area contributed by atoms with Crippen LogP contribution in [0.15, 0.2) is 17.9 Å². The van der Waals surface area contributed by atoms with Crippen LogP contribution in [-0.2, 0) is 9.53 Å². The molecule has 56 valence electrons. The Morgan fingerprint density at radius 1 is 1.70 bits per heavy atom. The van der Waals surface area contributed by atoms with Gasteiger partial charge in [0.25, 0.3) is 0 Å². The van der Waals surface area contributed by atoms with Crippen molar-refractivity contribution >= 4 is 5.97 Å². The van der Waals surface area contributed by atoms with E-state index in [-0.39, 0.29) is 5.97 Å². The van der Waals surface area contributed by atoms with E-state index in [9.17, 15) is 4.79 Å². The smallest absolute Gasteiger partial charge is 0.310 e. The average molecular weight is 140 g/mol. The molecule has 0 saturated heterocycles. The van der Waals surface area contributed by atoms with Gasteiger partial charge >= 0.3 is 5.97 Å². The minimum atomic E-state index is -0.197. The molecule has 0 aliphatic heterocycles. The minimum absolute atomic E-state index is 0.197. The number of esters is 1. The number of hydrogen-bond acceptors (Lipinski definition) is 2. The molecule has 0 aromatic heterocycles. The monoisotopic (exact) mass is 140 g/mol. The van der Waals surface area contributed by atoms with E-state index in [1.54, 1.807) is 19.1 Å². The Hall–Kier alpha value is -1.01. The van der Waals surface area contributed by atoms with Crippen LogP contribution in [0.4, 0.5) is 0 Å². The first kappa shape index (κ1) is 8.99. The van der Waals surface area contributed by atoms with Gasteiger partial charge in [-0.3, -0.25) is 4.79 Å². The number of ether oxygens (including phenoxy) is 1. The highest BCUT2D eigenvalue weighted by molar-refractivity contribution is 5.70. The van der Waals surface area contributed by atoms with Crippen molar-refractivity contribution in [2.75, 3.05) is 6.61 Å². The molecule has 2 nitrogen and oxygen atoms in total. The minimum Gasteiger partial charge on any atom is -0.466 e. The van der Waals surface area contributed by atoms with E-state index in [2.05, 4.69) is 10.5 Å². The zero-order valence-corrected chi connectivity index (χ0v) is 6.39. The molecule has 0 aromatic rings. The standard InChI is InChI=1S/C8H12O2/c1-3-5-6-7-8(9)10-4-2/h3,6H,4,7H2,1-2H3. The fourth-order valence-electron chi connectivity index (χ4n) is 0.480. The number of carbonyl (C=O) groups excluding carboxylic acids is 1. The Morgan fingerprint density at radius 2 is 2.40 bits per heavy atom. The topological polar surface area (TPSA) is 26.3 Å². The number of hydrogen-bond donors (Lipinski definition) is 0. The Morgan fingerprint density at radius 3 is 2.90 bits per heavy atom. The third kappa shape index (κ3) is 5.13. The molecule has 0 aliphatic rings. The maximum Gasteiger partial charge on any atom is 0.310 e. The van der Waals surface area contributed by atoms with E-state index in [4.69, 9.17) is 0 Å². The molecule has 0 N–H and O–H groups in total. The van der Waals surface area contributed by atoms with Crippen LogP contribution in [0.25, 0.3) is 0 Å². The second kappa shape index (κ2) is 6.12. The molecular weight excluding hydrogens is 128 g/mol. The van der Waals surface area contributed by atoms with E-state index in [0.717, 1.165) is 0 Å². The first-order valence-corrected chi connectivity index (χ1v) is 3.32. The van der Waals surface area contributed by atoms with Gasteiger partial charge in [0.05, 0.1) is 13.0 Å². The molecular formula is C8H12O2. The highest BCUT2D eigenvalue weighted by Crippen LogP contribution is 1.86. The predicted molar refractivity (Wildman–Crippen MR) is 39.6 cm³/mol. The summed E-state index contributed by atoms with van der Waals surface area (Å²) in [7, 11) is 0. The zero-order chi connectivity index (χ0) is 7.82. The molecule has 0 saturated carbocycles. The summed E-state index contributed by atoms with van der Waals surface area (Å²) in [4.78, 5) is 10.6. The third-order valence-corrected chi connectivity index (χ3v) is 0.859.